The van der Waals surface area contributed by atoms with Gasteiger partial charge in [-0.2, -0.15) is 0 Å². The lowest BCUT2D eigenvalue weighted by atomic mass is 9.88. The first-order valence-electron chi connectivity index (χ1n) is 8.34. The van der Waals surface area contributed by atoms with Gasteiger partial charge in [-0.1, -0.05) is 36.4 Å². The summed E-state index contributed by atoms with van der Waals surface area (Å²) in [5.41, 5.74) is 1.77. The highest BCUT2D eigenvalue weighted by Crippen LogP contribution is 2.29. The number of hydrogen-bond acceptors (Lipinski definition) is 5. The van der Waals surface area contributed by atoms with Crippen LogP contribution in [0, 0.1) is 10.1 Å². The van der Waals surface area contributed by atoms with E-state index in [1.54, 1.807) is 0 Å². The van der Waals surface area contributed by atoms with Crippen LogP contribution in [0.25, 0.3) is 0 Å². The van der Waals surface area contributed by atoms with Crippen LogP contribution < -0.4 is 5.32 Å². The molecule has 1 amide bonds. The molecule has 0 radical (unpaired) electrons. The summed E-state index contributed by atoms with van der Waals surface area (Å²) in [6.45, 7) is -0.483. The molecule has 134 valence electrons. The number of ether oxygens (including phenoxy) is 1. The van der Waals surface area contributed by atoms with Crippen molar-refractivity contribution in [1.29, 1.82) is 0 Å². The average Bonchev–Trinajstić information content (AvgIpc) is 2.66. The fourth-order valence-electron chi connectivity index (χ4n) is 3.15. The molecule has 1 atom stereocenters. The summed E-state index contributed by atoms with van der Waals surface area (Å²) in [5.74, 6) is -1.32. The number of carbonyl (C=O) groups is 2. The number of fused-ring (bicyclic) bond motifs is 1. The summed E-state index contributed by atoms with van der Waals surface area (Å²) in [6, 6.07) is 13.3. The number of nitro benzene ring substituents is 1. The van der Waals surface area contributed by atoms with Crippen LogP contribution >= 0.6 is 0 Å². The van der Waals surface area contributed by atoms with Crippen molar-refractivity contribution < 1.29 is 19.2 Å². The van der Waals surface area contributed by atoms with Crippen molar-refractivity contribution in [2.24, 2.45) is 0 Å². The Hall–Kier alpha value is -3.22. The minimum Gasteiger partial charge on any atom is -0.452 e. The normalized spacial score (nSPS) is 15.6. The summed E-state index contributed by atoms with van der Waals surface area (Å²) in [6.07, 6.45) is 2.77. The highest BCUT2D eigenvalue weighted by Gasteiger charge is 2.24. The Morgan fingerprint density at radius 1 is 1.15 bits per heavy atom. The van der Waals surface area contributed by atoms with Crippen LogP contribution in [0.2, 0.25) is 0 Å². The molecule has 0 fully saturated rings. The Balaban J connectivity index is 1.60. The lowest BCUT2D eigenvalue weighted by molar-refractivity contribution is -0.385. The van der Waals surface area contributed by atoms with E-state index < -0.39 is 23.4 Å². The predicted molar refractivity (Wildman–Crippen MR) is 93.6 cm³/mol. The van der Waals surface area contributed by atoms with Gasteiger partial charge < -0.3 is 10.1 Å². The van der Waals surface area contributed by atoms with Crippen molar-refractivity contribution in [1.82, 2.24) is 5.32 Å². The van der Waals surface area contributed by atoms with Gasteiger partial charge in [0.2, 0.25) is 0 Å². The van der Waals surface area contributed by atoms with Gasteiger partial charge in [-0.25, -0.2) is 4.79 Å². The molecule has 1 aliphatic rings. The molecule has 2 aromatic rings. The molecule has 7 heteroatoms. The first kappa shape index (κ1) is 17.6. The van der Waals surface area contributed by atoms with E-state index in [0.29, 0.717) is 0 Å². The number of rotatable bonds is 5. The van der Waals surface area contributed by atoms with Crippen molar-refractivity contribution in [3.05, 3.63) is 75.3 Å². The van der Waals surface area contributed by atoms with Crippen molar-refractivity contribution in [2.75, 3.05) is 6.61 Å². The number of esters is 1. The average molecular weight is 354 g/mol. The quantitative estimate of drug-likeness (QED) is 0.506. The molecule has 7 nitrogen and oxygen atoms in total. The zero-order chi connectivity index (χ0) is 18.5. The van der Waals surface area contributed by atoms with Crippen LogP contribution in [0.5, 0.6) is 0 Å². The van der Waals surface area contributed by atoms with E-state index in [4.69, 9.17) is 4.74 Å². The van der Waals surface area contributed by atoms with Gasteiger partial charge in [0.05, 0.1) is 11.0 Å². The fourth-order valence-corrected chi connectivity index (χ4v) is 3.15. The largest absolute Gasteiger partial charge is 0.452 e. The van der Waals surface area contributed by atoms with E-state index in [0.717, 1.165) is 24.8 Å². The van der Waals surface area contributed by atoms with E-state index in [2.05, 4.69) is 5.32 Å². The summed E-state index contributed by atoms with van der Waals surface area (Å²) in [4.78, 5) is 34.5. The summed E-state index contributed by atoms with van der Waals surface area (Å²) in [7, 11) is 0. The smallest absolute Gasteiger partial charge is 0.345 e. The highest BCUT2D eigenvalue weighted by atomic mass is 16.6. The molecule has 0 heterocycles. The minimum atomic E-state index is -0.892. The molecule has 26 heavy (non-hydrogen) atoms. The Morgan fingerprint density at radius 3 is 2.69 bits per heavy atom. The van der Waals surface area contributed by atoms with Gasteiger partial charge in [0, 0.05) is 6.07 Å². The van der Waals surface area contributed by atoms with Gasteiger partial charge in [0.1, 0.15) is 5.56 Å². The molecule has 0 saturated heterocycles. The van der Waals surface area contributed by atoms with E-state index in [1.807, 2.05) is 24.3 Å². The second kappa shape index (κ2) is 7.77. The number of amides is 1. The van der Waals surface area contributed by atoms with Gasteiger partial charge in [-0.05, 0) is 36.5 Å². The molecule has 0 aliphatic heterocycles. The van der Waals surface area contributed by atoms with Gasteiger partial charge in [-0.15, -0.1) is 0 Å². The molecule has 2 aromatic carbocycles. The van der Waals surface area contributed by atoms with Gasteiger partial charge in [0.15, 0.2) is 6.61 Å². The van der Waals surface area contributed by atoms with E-state index >= 15 is 0 Å². The van der Waals surface area contributed by atoms with Crippen LogP contribution in [-0.4, -0.2) is 23.4 Å². The number of carbonyl (C=O) groups excluding carboxylic acids is 2. The maximum Gasteiger partial charge on any atom is 0.345 e. The minimum absolute atomic E-state index is 0.114. The van der Waals surface area contributed by atoms with Crippen molar-refractivity contribution >= 4 is 17.6 Å². The summed E-state index contributed by atoms with van der Waals surface area (Å²) >= 11 is 0. The van der Waals surface area contributed by atoms with Crippen molar-refractivity contribution in [3.8, 4) is 0 Å². The molecule has 0 unspecified atom stereocenters. The van der Waals surface area contributed by atoms with Crippen molar-refractivity contribution in [2.45, 2.75) is 25.3 Å². The van der Waals surface area contributed by atoms with E-state index in [1.165, 1.54) is 29.8 Å². The molecule has 1 N–H and O–H groups in total. The lowest BCUT2D eigenvalue weighted by Gasteiger charge is -2.26. The van der Waals surface area contributed by atoms with Crippen LogP contribution in [0.4, 0.5) is 5.69 Å². The van der Waals surface area contributed by atoms with Crippen LogP contribution in [0.15, 0.2) is 48.5 Å². The topological polar surface area (TPSA) is 98.5 Å². The first-order chi connectivity index (χ1) is 12.6. The monoisotopic (exact) mass is 354 g/mol. The first-order valence-corrected chi connectivity index (χ1v) is 8.34. The van der Waals surface area contributed by atoms with Gasteiger partial charge in [-0.3, -0.25) is 14.9 Å². The van der Waals surface area contributed by atoms with Gasteiger partial charge in [0.25, 0.3) is 11.6 Å². The maximum absolute atomic E-state index is 12.2. The number of hydrogen-bond donors (Lipinski definition) is 1. The molecule has 1 aliphatic carbocycles. The molecule has 0 saturated carbocycles. The zero-order valence-corrected chi connectivity index (χ0v) is 14.0. The molecule has 0 aromatic heterocycles. The Bertz CT molecular complexity index is 849. The van der Waals surface area contributed by atoms with E-state index in [-0.39, 0.29) is 17.3 Å². The van der Waals surface area contributed by atoms with Crippen LogP contribution in [0.3, 0.4) is 0 Å². The third kappa shape index (κ3) is 3.88. The third-order valence-corrected chi connectivity index (χ3v) is 4.36. The fraction of sp³-hybridized carbons (Fsp3) is 0.263. The number of nitro groups is 1. The Labute approximate surface area is 150 Å². The van der Waals surface area contributed by atoms with E-state index in [9.17, 15) is 19.7 Å². The highest BCUT2D eigenvalue weighted by molar-refractivity contribution is 5.95. The number of para-hydroxylation sites is 1. The second-order valence-electron chi connectivity index (χ2n) is 6.06. The summed E-state index contributed by atoms with van der Waals surface area (Å²) < 4.78 is 4.95. The number of nitrogens with one attached hydrogen (secondary N) is 1. The van der Waals surface area contributed by atoms with Crippen LogP contribution in [0.1, 0.15) is 40.4 Å². The number of aryl methyl sites for hydroxylation is 1. The lowest BCUT2D eigenvalue weighted by Crippen LogP contribution is -2.34. The Morgan fingerprint density at radius 2 is 1.88 bits per heavy atom. The zero-order valence-electron chi connectivity index (χ0n) is 14.0. The number of benzene rings is 2. The SMILES string of the molecule is O=C(COC(=O)c1ccccc1[N+](=O)[O-])N[C@H]1CCCc2ccccc21. The second-order valence-corrected chi connectivity index (χ2v) is 6.06. The summed E-state index contributed by atoms with van der Waals surface area (Å²) in [5, 5.41) is 13.8. The van der Waals surface area contributed by atoms with Crippen LogP contribution in [-0.2, 0) is 16.0 Å². The molecule has 3 rings (SSSR count). The molecule has 0 bridgehead atoms. The molecule has 0 spiro atoms. The Kier molecular flexibility index (Phi) is 5.26. The van der Waals surface area contributed by atoms with Crippen molar-refractivity contribution in [3.63, 3.8) is 0 Å². The molecular weight excluding hydrogens is 336 g/mol. The third-order valence-electron chi connectivity index (χ3n) is 4.36. The van der Waals surface area contributed by atoms with Gasteiger partial charge >= 0.3 is 5.97 Å². The molecular formula is C19H18N2O5. The number of nitrogens with zero attached hydrogens (tertiary/aromatic N) is 1. The standard InChI is InChI=1S/C19H18N2O5/c22-18(20-16-10-5-7-13-6-1-2-8-14(13)16)12-26-19(23)15-9-3-4-11-17(15)21(24)25/h1-4,6,8-9,11,16H,5,7,10,12H2,(H,20,22)/t16-/m0/s1. The maximum atomic E-state index is 12.2. The predicted octanol–water partition coefficient (Wildman–Crippen LogP) is 2.95.